The summed E-state index contributed by atoms with van der Waals surface area (Å²) in [6.07, 6.45) is 7.38. The second-order valence-corrected chi connectivity index (χ2v) is 5.19. The van der Waals surface area contributed by atoms with Crippen LogP contribution in [-0.2, 0) is 14.4 Å². The second kappa shape index (κ2) is 12.5. The van der Waals surface area contributed by atoms with Gasteiger partial charge in [-0.1, -0.05) is 47.5 Å². The third-order valence-corrected chi connectivity index (χ3v) is 3.63. The van der Waals surface area contributed by atoms with E-state index in [1.54, 1.807) is 0 Å². The molecule has 2 amide bonds. The molecular weight excluding hydrogens is 266 g/mol. The quantitative estimate of drug-likeness (QED) is 0.575. The molecule has 124 valence electrons. The number of carbonyl (C=O) groups excluding carboxylic acids is 3. The standard InChI is InChI=1S/C12H19NO2.C2H4O.C2H6.CH4/c1-9-7-11(14)13(12(9)15)8-10-5-3-2-4-6-10;1-2-3;1-2;/h9-10H,2-8H2,1H3;2H,1H3;1-2H3;1H4/t9-;;;/m1.../s1. The molecule has 2 rings (SSSR count). The third kappa shape index (κ3) is 7.39. The van der Waals surface area contributed by atoms with Crippen molar-refractivity contribution in [3.05, 3.63) is 0 Å². The summed E-state index contributed by atoms with van der Waals surface area (Å²) in [6, 6.07) is 0. The van der Waals surface area contributed by atoms with Crippen LogP contribution in [0.2, 0.25) is 0 Å². The maximum atomic E-state index is 11.7. The van der Waals surface area contributed by atoms with Gasteiger partial charge in [-0.3, -0.25) is 14.5 Å². The molecule has 1 heterocycles. The van der Waals surface area contributed by atoms with Crippen LogP contribution < -0.4 is 0 Å². The predicted octanol–water partition coefficient (Wildman–Crippen LogP) is 3.83. The lowest BCUT2D eigenvalue weighted by Gasteiger charge is -2.25. The predicted molar refractivity (Wildman–Crippen MR) is 86.9 cm³/mol. The highest BCUT2D eigenvalue weighted by Gasteiger charge is 2.36. The molecule has 1 aliphatic heterocycles. The molecule has 0 N–H and O–H groups in total. The number of imide groups is 1. The van der Waals surface area contributed by atoms with Crippen molar-refractivity contribution in [2.24, 2.45) is 11.8 Å². The number of hydrogen-bond acceptors (Lipinski definition) is 3. The van der Waals surface area contributed by atoms with E-state index in [0.29, 0.717) is 18.9 Å². The fourth-order valence-electron chi connectivity index (χ4n) is 2.67. The number of rotatable bonds is 2. The van der Waals surface area contributed by atoms with Crippen molar-refractivity contribution in [2.45, 2.75) is 73.6 Å². The number of nitrogens with zero attached hydrogens (tertiary/aromatic N) is 1. The molecule has 0 bridgehead atoms. The average Bonchev–Trinajstić information content (AvgIpc) is 2.70. The van der Waals surface area contributed by atoms with E-state index in [0.717, 1.165) is 6.29 Å². The maximum Gasteiger partial charge on any atom is 0.232 e. The summed E-state index contributed by atoms with van der Waals surface area (Å²) >= 11 is 0. The molecule has 21 heavy (non-hydrogen) atoms. The second-order valence-electron chi connectivity index (χ2n) is 5.19. The minimum Gasteiger partial charge on any atom is -0.304 e. The van der Waals surface area contributed by atoms with Crippen LogP contribution in [0.15, 0.2) is 0 Å². The van der Waals surface area contributed by atoms with Gasteiger partial charge in [0.2, 0.25) is 11.8 Å². The molecule has 1 saturated heterocycles. The summed E-state index contributed by atoms with van der Waals surface area (Å²) < 4.78 is 0. The van der Waals surface area contributed by atoms with Crippen LogP contribution in [0.25, 0.3) is 0 Å². The number of carbonyl (C=O) groups is 3. The lowest BCUT2D eigenvalue weighted by Crippen LogP contribution is -2.35. The zero-order valence-electron chi connectivity index (χ0n) is 13.4. The molecule has 1 atom stereocenters. The van der Waals surface area contributed by atoms with Gasteiger partial charge in [0, 0.05) is 18.9 Å². The minimum absolute atomic E-state index is 0. The van der Waals surface area contributed by atoms with Crippen molar-refractivity contribution in [3.63, 3.8) is 0 Å². The summed E-state index contributed by atoms with van der Waals surface area (Å²) in [5.41, 5.74) is 0. The SMILES string of the molecule is C.CC.CC=O.C[C@@H]1CC(=O)N(CC2CCCCC2)C1=O. The summed E-state index contributed by atoms with van der Waals surface area (Å²) in [6.45, 7) is 7.98. The summed E-state index contributed by atoms with van der Waals surface area (Å²) in [5.74, 6) is 0.571. The normalized spacial score (nSPS) is 21.5. The molecule has 0 aromatic rings. The van der Waals surface area contributed by atoms with Crippen LogP contribution in [0.4, 0.5) is 0 Å². The minimum atomic E-state index is -0.0823. The van der Waals surface area contributed by atoms with Gasteiger partial charge in [0.15, 0.2) is 0 Å². The molecule has 0 spiro atoms. The summed E-state index contributed by atoms with van der Waals surface area (Å²) in [7, 11) is 0. The van der Waals surface area contributed by atoms with Crippen molar-refractivity contribution in [1.82, 2.24) is 4.90 Å². The Bertz CT molecular complexity index is 309. The van der Waals surface area contributed by atoms with Gasteiger partial charge in [0.1, 0.15) is 6.29 Å². The Morgan fingerprint density at radius 3 is 2.00 bits per heavy atom. The lowest BCUT2D eigenvalue weighted by molar-refractivity contribution is -0.140. The molecule has 1 saturated carbocycles. The Morgan fingerprint density at radius 1 is 1.14 bits per heavy atom. The van der Waals surface area contributed by atoms with E-state index < -0.39 is 0 Å². The molecule has 4 heteroatoms. The van der Waals surface area contributed by atoms with Gasteiger partial charge >= 0.3 is 0 Å². The zero-order valence-corrected chi connectivity index (χ0v) is 13.4. The Kier molecular flexibility index (Phi) is 13.2. The van der Waals surface area contributed by atoms with E-state index >= 15 is 0 Å². The van der Waals surface area contributed by atoms with E-state index in [9.17, 15) is 9.59 Å². The fourth-order valence-corrected chi connectivity index (χ4v) is 2.67. The van der Waals surface area contributed by atoms with Crippen molar-refractivity contribution >= 4 is 18.1 Å². The average molecular weight is 299 g/mol. The monoisotopic (exact) mass is 299 g/mol. The Labute approximate surface area is 130 Å². The van der Waals surface area contributed by atoms with Crippen LogP contribution in [-0.4, -0.2) is 29.5 Å². The van der Waals surface area contributed by atoms with Crippen LogP contribution in [0.1, 0.15) is 73.6 Å². The fraction of sp³-hybridized carbons (Fsp3) is 0.824. The third-order valence-electron chi connectivity index (χ3n) is 3.63. The van der Waals surface area contributed by atoms with Crippen molar-refractivity contribution in [3.8, 4) is 0 Å². The molecule has 2 fully saturated rings. The van der Waals surface area contributed by atoms with Crippen LogP contribution in [0, 0.1) is 11.8 Å². The van der Waals surface area contributed by atoms with Crippen molar-refractivity contribution in [1.29, 1.82) is 0 Å². The van der Waals surface area contributed by atoms with E-state index in [-0.39, 0.29) is 25.2 Å². The lowest BCUT2D eigenvalue weighted by atomic mass is 9.89. The van der Waals surface area contributed by atoms with Crippen molar-refractivity contribution < 1.29 is 14.4 Å². The van der Waals surface area contributed by atoms with E-state index in [1.807, 2.05) is 20.8 Å². The molecule has 0 unspecified atom stereocenters. The van der Waals surface area contributed by atoms with Gasteiger partial charge < -0.3 is 4.79 Å². The molecule has 2 aliphatic rings. The van der Waals surface area contributed by atoms with Crippen LogP contribution in [0.5, 0.6) is 0 Å². The van der Waals surface area contributed by atoms with E-state index in [2.05, 4.69) is 0 Å². The largest absolute Gasteiger partial charge is 0.304 e. The Balaban J connectivity index is 0. The van der Waals surface area contributed by atoms with Gasteiger partial charge in [0.05, 0.1) is 0 Å². The Hall–Kier alpha value is -1.19. The summed E-state index contributed by atoms with van der Waals surface area (Å²) in [5, 5.41) is 0. The first-order valence-electron chi connectivity index (χ1n) is 7.84. The zero-order chi connectivity index (χ0) is 15.5. The van der Waals surface area contributed by atoms with E-state index in [1.165, 1.54) is 43.9 Å². The van der Waals surface area contributed by atoms with Gasteiger partial charge in [-0.25, -0.2) is 0 Å². The molecule has 1 aliphatic carbocycles. The molecule has 0 aromatic carbocycles. The van der Waals surface area contributed by atoms with E-state index in [4.69, 9.17) is 4.79 Å². The molecule has 4 nitrogen and oxygen atoms in total. The smallest absolute Gasteiger partial charge is 0.232 e. The van der Waals surface area contributed by atoms with Crippen LogP contribution in [0.3, 0.4) is 0 Å². The number of aldehydes is 1. The number of hydrogen-bond donors (Lipinski definition) is 0. The van der Waals surface area contributed by atoms with Gasteiger partial charge in [0.25, 0.3) is 0 Å². The highest BCUT2D eigenvalue weighted by atomic mass is 16.2. The molecule has 0 radical (unpaired) electrons. The van der Waals surface area contributed by atoms with Gasteiger partial charge in [-0.05, 0) is 25.7 Å². The highest BCUT2D eigenvalue weighted by molar-refractivity contribution is 6.03. The first-order chi connectivity index (χ1) is 9.60. The number of amides is 2. The first kappa shape index (κ1) is 22.1. The topological polar surface area (TPSA) is 54.5 Å². The maximum absolute atomic E-state index is 11.7. The first-order valence-corrected chi connectivity index (χ1v) is 7.84. The highest BCUT2D eigenvalue weighted by Crippen LogP contribution is 2.27. The van der Waals surface area contributed by atoms with Crippen LogP contribution >= 0.6 is 0 Å². The number of likely N-dealkylation sites (tertiary alicyclic amines) is 1. The van der Waals surface area contributed by atoms with Crippen molar-refractivity contribution in [2.75, 3.05) is 6.54 Å². The molecular formula is C17H33NO3. The molecule has 0 aromatic heterocycles. The van der Waals surface area contributed by atoms with Gasteiger partial charge in [-0.2, -0.15) is 0 Å². The van der Waals surface area contributed by atoms with Gasteiger partial charge in [-0.15, -0.1) is 0 Å². The summed E-state index contributed by atoms with van der Waals surface area (Å²) in [4.78, 5) is 33.6. The Morgan fingerprint density at radius 2 is 1.62 bits per heavy atom.